The second-order valence-electron chi connectivity index (χ2n) is 6.49. The first kappa shape index (κ1) is 16.4. The highest BCUT2D eigenvalue weighted by Gasteiger charge is 2.41. The predicted octanol–water partition coefficient (Wildman–Crippen LogP) is 0.977. The molecule has 0 aromatic carbocycles. The highest BCUT2D eigenvalue weighted by atomic mass is 19.4. The van der Waals surface area contributed by atoms with E-state index in [1.54, 1.807) is 11.0 Å². The minimum Gasteiger partial charge on any atom is -0.382 e. The van der Waals surface area contributed by atoms with Crippen LogP contribution >= 0.6 is 0 Å². The van der Waals surface area contributed by atoms with Gasteiger partial charge in [0.1, 0.15) is 0 Å². The Morgan fingerprint density at radius 1 is 1.30 bits per heavy atom. The molecule has 1 unspecified atom stereocenters. The molecular formula is C15H20F3N3O2. The summed E-state index contributed by atoms with van der Waals surface area (Å²) in [5, 5.41) is 13.5. The van der Waals surface area contributed by atoms with Crippen molar-refractivity contribution in [2.24, 2.45) is 5.92 Å². The van der Waals surface area contributed by atoms with Gasteiger partial charge in [0.25, 0.3) is 5.56 Å². The molecule has 8 heteroatoms. The summed E-state index contributed by atoms with van der Waals surface area (Å²) < 4.78 is 38.3. The Labute approximate surface area is 131 Å². The number of hydrogen-bond acceptors (Lipinski definition) is 4. The standard InChI is InChI=1S/C15H20F3N3O2/c16-15(17,18)13(22)9-20-6-10(7-20)8-21-14(23)5-11-3-1-2-4-12(11)19-21/h5,10,13,22H,1-4,6-9H2. The molecule has 1 fully saturated rings. The van der Waals surface area contributed by atoms with Crippen LogP contribution in [0.1, 0.15) is 24.1 Å². The van der Waals surface area contributed by atoms with E-state index in [2.05, 4.69) is 5.10 Å². The van der Waals surface area contributed by atoms with Crippen LogP contribution in [0.5, 0.6) is 0 Å². The molecule has 23 heavy (non-hydrogen) atoms. The Hall–Kier alpha value is -1.41. The van der Waals surface area contributed by atoms with Crippen LogP contribution < -0.4 is 5.56 Å². The third-order valence-electron chi connectivity index (χ3n) is 4.55. The number of β-amino-alcohol motifs (C(OH)–C–C–N with tert-alkyl or cyclic N) is 1. The van der Waals surface area contributed by atoms with Crippen LogP contribution in [0.4, 0.5) is 13.2 Å². The first-order valence-electron chi connectivity index (χ1n) is 7.90. The van der Waals surface area contributed by atoms with Crippen molar-refractivity contribution in [3.63, 3.8) is 0 Å². The van der Waals surface area contributed by atoms with E-state index >= 15 is 0 Å². The maximum Gasteiger partial charge on any atom is 0.415 e. The molecule has 0 saturated carbocycles. The highest BCUT2D eigenvalue weighted by molar-refractivity contribution is 5.20. The van der Waals surface area contributed by atoms with Crippen molar-refractivity contribution < 1.29 is 18.3 Å². The number of alkyl halides is 3. The van der Waals surface area contributed by atoms with Crippen molar-refractivity contribution in [2.75, 3.05) is 19.6 Å². The van der Waals surface area contributed by atoms with Crippen molar-refractivity contribution in [3.05, 3.63) is 27.7 Å². The molecule has 2 aliphatic rings. The molecule has 1 aliphatic carbocycles. The van der Waals surface area contributed by atoms with Crippen LogP contribution in [0.25, 0.3) is 0 Å². The lowest BCUT2D eigenvalue weighted by Crippen LogP contribution is -2.54. The third-order valence-corrected chi connectivity index (χ3v) is 4.55. The van der Waals surface area contributed by atoms with Gasteiger partial charge in [0.15, 0.2) is 6.10 Å². The minimum atomic E-state index is -4.58. The molecule has 128 valence electrons. The Morgan fingerprint density at radius 2 is 2.00 bits per heavy atom. The maximum atomic E-state index is 12.3. The molecule has 1 aromatic rings. The Bertz CT molecular complexity index is 623. The summed E-state index contributed by atoms with van der Waals surface area (Å²) in [6, 6.07) is 1.64. The fourth-order valence-electron chi connectivity index (χ4n) is 3.27. The average Bonchev–Trinajstić information content (AvgIpc) is 2.44. The van der Waals surface area contributed by atoms with Crippen molar-refractivity contribution in [1.29, 1.82) is 0 Å². The number of nitrogens with zero attached hydrogens (tertiary/aromatic N) is 3. The lowest BCUT2D eigenvalue weighted by molar-refractivity contribution is -0.211. The van der Waals surface area contributed by atoms with Crippen molar-refractivity contribution in [3.8, 4) is 0 Å². The van der Waals surface area contributed by atoms with E-state index in [-0.39, 0.29) is 11.5 Å². The lowest BCUT2D eigenvalue weighted by Gasteiger charge is -2.40. The highest BCUT2D eigenvalue weighted by Crippen LogP contribution is 2.24. The summed E-state index contributed by atoms with van der Waals surface area (Å²) in [5.74, 6) is 0.0993. The van der Waals surface area contributed by atoms with E-state index in [0.29, 0.717) is 19.6 Å². The van der Waals surface area contributed by atoms with Crippen molar-refractivity contribution >= 4 is 0 Å². The van der Waals surface area contributed by atoms with Gasteiger partial charge in [-0.1, -0.05) is 0 Å². The molecule has 3 rings (SSSR count). The van der Waals surface area contributed by atoms with Gasteiger partial charge < -0.3 is 5.11 Å². The summed E-state index contributed by atoms with van der Waals surface area (Å²) in [4.78, 5) is 13.6. The number of aliphatic hydroxyl groups excluding tert-OH is 1. The molecular weight excluding hydrogens is 311 g/mol. The number of aryl methyl sites for hydroxylation is 2. The molecule has 0 amide bonds. The molecule has 1 saturated heterocycles. The molecule has 0 bridgehead atoms. The molecule has 5 nitrogen and oxygen atoms in total. The third kappa shape index (κ3) is 3.74. The van der Waals surface area contributed by atoms with Gasteiger partial charge in [0, 0.05) is 31.6 Å². The van der Waals surface area contributed by atoms with E-state index in [9.17, 15) is 18.0 Å². The lowest BCUT2D eigenvalue weighted by atomic mass is 9.96. The Balaban J connectivity index is 1.55. The van der Waals surface area contributed by atoms with Gasteiger partial charge in [-0.2, -0.15) is 18.3 Å². The quantitative estimate of drug-likeness (QED) is 0.893. The largest absolute Gasteiger partial charge is 0.415 e. The van der Waals surface area contributed by atoms with Gasteiger partial charge in [-0.3, -0.25) is 9.69 Å². The summed E-state index contributed by atoms with van der Waals surface area (Å²) in [6.45, 7) is 0.897. The summed E-state index contributed by atoms with van der Waals surface area (Å²) in [5.41, 5.74) is 1.86. The van der Waals surface area contributed by atoms with Crippen LogP contribution in [0.15, 0.2) is 10.9 Å². The number of aliphatic hydroxyl groups is 1. The number of rotatable bonds is 4. The maximum absolute atomic E-state index is 12.3. The van der Waals surface area contributed by atoms with Crippen LogP contribution in [-0.2, 0) is 19.4 Å². The fraction of sp³-hybridized carbons (Fsp3) is 0.733. The summed E-state index contributed by atoms with van der Waals surface area (Å²) in [6.07, 6.45) is -2.97. The van der Waals surface area contributed by atoms with E-state index in [1.165, 1.54) is 4.68 Å². The normalized spacial score (nSPS) is 20.9. The Kier molecular flexibility index (Phi) is 4.46. The number of halogens is 3. The topological polar surface area (TPSA) is 58.4 Å². The van der Waals surface area contributed by atoms with Crippen LogP contribution in [-0.4, -0.2) is 51.7 Å². The molecule has 1 atom stereocenters. The fourth-order valence-corrected chi connectivity index (χ4v) is 3.27. The second kappa shape index (κ2) is 6.24. The SMILES string of the molecule is O=c1cc2c(nn1CC1CN(CC(O)C(F)(F)F)C1)CCCC2. The summed E-state index contributed by atoms with van der Waals surface area (Å²) in [7, 11) is 0. The minimum absolute atomic E-state index is 0.0993. The van der Waals surface area contributed by atoms with Gasteiger partial charge in [-0.15, -0.1) is 0 Å². The zero-order chi connectivity index (χ0) is 16.6. The molecule has 0 radical (unpaired) electrons. The van der Waals surface area contributed by atoms with Crippen LogP contribution in [0.2, 0.25) is 0 Å². The second-order valence-corrected chi connectivity index (χ2v) is 6.49. The van der Waals surface area contributed by atoms with Crippen molar-refractivity contribution in [2.45, 2.75) is 44.5 Å². The number of likely N-dealkylation sites (tertiary alicyclic amines) is 1. The van der Waals surface area contributed by atoms with Crippen molar-refractivity contribution in [1.82, 2.24) is 14.7 Å². The molecule has 1 aromatic heterocycles. The zero-order valence-corrected chi connectivity index (χ0v) is 12.7. The number of fused-ring (bicyclic) bond motifs is 1. The molecule has 1 aliphatic heterocycles. The monoisotopic (exact) mass is 331 g/mol. The number of aromatic nitrogens is 2. The van der Waals surface area contributed by atoms with Crippen LogP contribution in [0.3, 0.4) is 0 Å². The van der Waals surface area contributed by atoms with Gasteiger partial charge >= 0.3 is 6.18 Å². The molecule has 1 N–H and O–H groups in total. The first-order valence-corrected chi connectivity index (χ1v) is 7.90. The van der Waals surface area contributed by atoms with Gasteiger partial charge in [0.05, 0.1) is 12.2 Å². The van der Waals surface area contributed by atoms with Crippen LogP contribution in [0, 0.1) is 5.92 Å². The van der Waals surface area contributed by atoms with E-state index in [0.717, 1.165) is 36.9 Å². The predicted molar refractivity (Wildman–Crippen MR) is 77.1 cm³/mol. The molecule has 2 heterocycles. The van der Waals surface area contributed by atoms with E-state index < -0.39 is 18.8 Å². The molecule has 0 spiro atoms. The number of hydrogen-bond donors (Lipinski definition) is 1. The van der Waals surface area contributed by atoms with Gasteiger partial charge in [0.2, 0.25) is 0 Å². The smallest absolute Gasteiger partial charge is 0.382 e. The van der Waals surface area contributed by atoms with E-state index in [1.807, 2.05) is 0 Å². The van der Waals surface area contributed by atoms with E-state index in [4.69, 9.17) is 5.11 Å². The summed E-state index contributed by atoms with van der Waals surface area (Å²) >= 11 is 0. The average molecular weight is 331 g/mol. The first-order chi connectivity index (χ1) is 10.8. The Morgan fingerprint density at radius 3 is 2.70 bits per heavy atom. The zero-order valence-electron chi connectivity index (χ0n) is 12.7. The van der Waals surface area contributed by atoms with Gasteiger partial charge in [-0.25, -0.2) is 4.68 Å². The van der Waals surface area contributed by atoms with Gasteiger partial charge in [-0.05, 0) is 31.2 Å².